The fourth-order valence-electron chi connectivity index (χ4n) is 4.56. The van der Waals surface area contributed by atoms with Crippen LogP contribution >= 0.6 is 11.6 Å². The highest BCUT2D eigenvalue weighted by atomic mass is 35.5. The van der Waals surface area contributed by atoms with Crippen molar-refractivity contribution in [2.24, 2.45) is 5.92 Å². The molecule has 3 rings (SSSR count). The standard InChI is InChI=1S/C21H28ClN3O2/c1-15(26)20(27)21(9-10-24-14-21)25(13-16-5-3-2-4-6-16)18-8-7-17(12-23)19(22)11-18/h7-8,11,15-16,24,26H,2-6,9-10,13-14H2,1H3/t15-,21+/m1/s1. The normalized spacial score (nSPS) is 24.4. The summed E-state index contributed by atoms with van der Waals surface area (Å²) < 4.78 is 0. The van der Waals surface area contributed by atoms with Gasteiger partial charge in [-0.1, -0.05) is 30.9 Å². The number of benzene rings is 1. The molecule has 0 unspecified atom stereocenters. The third kappa shape index (κ3) is 4.13. The smallest absolute Gasteiger partial charge is 0.187 e. The molecule has 2 atom stereocenters. The van der Waals surface area contributed by atoms with Gasteiger partial charge in [0.2, 0.25) is 0 Å². The molecule has 1 aliphatic heterocycles. The number of carbonyl (C=O) groups excluding carboxylic acids is 1. The summed E-state index contributed by atoms with van der Waals surface area (Å²) in [6, 6.07) is 7.48. The third-order valence-electron chi connectivity index (χ3n) is 6.04. The van der Waals surface area contributed by atoms with Crippen LogP contribution in [0.3, 0.4) is 0 Å². The fourth-order valence-corrected chi connectivity index (χ4v) is 4.78. The second-order valence-corrected chi connectivity index (χ2v) is 8.30. The fraction of sp³-hybridized carbons (Fsp3) is 0.619. The minimum absolute atomic E-state index is 0.149. The molecule has 1 saturated carbocycles. The van der Waals surface area contributed by atoms with Gasteiger partial charge in [0.1, 0.15) is 17.7 Å². The molecular weight excluding hydrogens is 362 g/mol. The van der Waals surface area contributed by atoms with Gasteiger partial charge in [-0.15, -0.1) is 0 Å². The van der Waals surface area contributed by atoms with Crippen molar-refractivity contribution < 1.29 is 9.90 Å². The molecule has 2 N–H and O–H groups in total. The van der Waals surface area contributed by atoms with Crippen LogP contribution < -0.4 is 10.2 Å². The van der Waals surface area contributed by atoms with E-state index in [9.17, 15) is 15.2 Å². The molecule has 2 aliphatic rings. The summed E-state index contributed by atoms with van der Waals surface area (Å²) in [6.45, 7) is 3.57. The largest absolute Gasteiger partial charge is 0.386 e. The summed E-state index contributed by atoms with van der Waals surface area (Å²) >= 11 is 6.31. The van der Waals surface area contributed by atoms with Gasteiger partial charge in [-0.3, -0.25) is 4.79 Å². The molecule has 1 saturated heterocycles. The molecule has 146 valence electrons. The first-order valence-electron chi connectivity index (χ1n) is 9.88. The molecule has 5 nitrogen and oxygen atoms in total. The number of aliphatic hydroxyl groups excluding tert-OH is 1. The van der Waals surface area contributed by atoms with Crippen molar-refractivity contribution in [2.45, 2.75) is 57.1 Å². The van der Waals surface area contributed by atoms with Crippen molar-refractivity contribution >= 4 is 23.1 Å². The minimum Gasteiger partial charge on any atom is -0.386 e. The molecule has 1 aromatic rings. The molecule has 27 heavy (non-hydrogen) atoms. The number of nitrogens with zero attached hydrogens (tertiary/aromatic N) is 2. The summed E-state index contributed by atoms with van der Waals surface area (Å²) in [5, 5.41) is 23.0. The van der Waals surface area contributed by atoms with Crippen molar-refractivity contribution in [2.75, 3.05) is 24.5 Å². The van der Waals surface area contributed by atoms with Crippen molar-refractivity contribution in [3.63, 3.8) is 0 Å². The maximum Gasteiger partial charge on any atom is 0.187 e. The van der Waals surface area contributed by atoms with E-state index in [1.807, 2.05) is 6.07 Å². The van der Waals surface area contributed by atoms with E-state index in [0.717, 1.165) is 31.6 Å². The Kier molecular flexibility index (Phi) is 6.41. The number of nitriles is 1. The number of anilines is 1. The van der Waals surface area contributed by atoms with Crippen molar-refractivity contribution in [1.29, 1.82) is 5.26 Å². The van der Waals surface area contributed by atoms with E-state index >= 15 is 0 Å². The number of Topliss-reactive ketones (excluding diaryl/α,β-unsaturated/α-hetero) is 1. The second-order valence-electron chi connectivity index (χ2n) is 7.89. The average molecular weight is 390 g/mol. The van der Waals surface area contributed by atoms with Crippen LogP contribution in [-0.4, -0.2) is 42.2 Å². The molecule has 0 radical (unpaired) electrons. The Bertz CT molecular complexity index is 717. The number of carbonyl (C=O) groups is 1. The molecule has 0 aromatic heterocycles. The SMILES string of the molecule is C[C@@H](O)C(=O)[C@]1(N(CC2CCCCC2)c2ccc(C#N)c(Cl)c2)CCNC1. The third-order valence-corrected chi connectivity index (χ3v) is 6.35. The van der Waals surface area contributed by atoms with Gasteiger partial charge in [-0.05, 0) is 56.8 Å². The van der Waals surface area contributed by atoms with Crippen molar-refractivity contribution in [1.82, 2.24) is 5.32 Å². The van der Waals surface area contributed by atoms with E-state index in [2.05, 4.69) is 16.3 Å². The molecule has 0 bridgehead atoms. The maximum atomic E-state index is 13.1. The minimum atomic E-state index is -1.02. The second kappa shape index (κ2) is 8.60. The molecule has 1 aliphatic carbocycles. The number of ketones is 1. The monoisotopic (exact) mass is 389 g/mol. The van der Waals surface area contributed by atoms with Crippen LogP contribution in [0.25, 0.3) is 0 Å². The molecule has 0 spiro atoms. The summed E-state index contributed by atoms with van der Waals surface area (Å²) in [5.74, 6) is 0.372. The molecule has 0 amide bonds. The number of rotatable bonds is 6. The summed E-state index contributed by atoms with van der Waals surface area (Å²) in [6.07, 6.45) is 5.68. The lowest BCUT2D eigenvalue weighted by molar-refractivity contribution is -0.131. The van der Waals surface area contributed by atoms with Crippen LogP contribution in [0, 0.1) is 17.2 Å². The Morgan fingerprint density at radius 1 is 1.44 bits per heavy atom. The number of nitrogens with one attached hydrogen (secondary N) is 1. The van der Waals surface area contributed by atoms with E-state index in [4.69, 9.17) is 11.6 Å². The lowest BCUT2D eigenvalue weighted by Crippen LogP contribution is -2.60. The Morgan fingerprint density at radius 2 is 2.19 bits per heavy atom. The van der Waals surface area contributed by atoms with Gasteiger partial charge < -0.3 is 15.3 Å². The van der Waals surface area contributed by atoms with Gasteiger partial charge in [0.15, 0.2) is 5.78 Å². The Morgan fingerprint density at radius 3 is 2.74 bits per heavy atom. The lowest BCUT2D eigenvalue weighted by atomic mass is 9.83. The first kappa shape index (κ1) is 20.1. The highest BCUT2D eigenvalue weighted by Crippen LogP contribution is 2.36. The van der Waals surface area contributed by atoms with Crippen LogP contribution in [0.2, 0.25) is 5.02 Å². The summed E-state index contributed by atoms with van der Waals surface area (Å²) in [7, 11) is 0. The number of hydrogen-bond acceptors (Lipinski definition) is 5. The zero-order valence-corrected chi connectivity index (χ0v) is 16.6. The van der Waals surface area contributed by atoms with Gasteiger partial charge in [-0.25, -0.2) is 0 Å². The summed E-state index contributed by atoms with van der Waals surface area (Å²) in [5.41, 5.74) is 0.504. The quantitative estimate of drug-likeness (QED) is 0.780. The van der Waals surface area contributed by atoms with Gasteiger partial charge in [0, 0.05) is 18.8 Å². The van der Waals surface area contributed by atoms with Gasteiger partial charge in [-0.2, -0.15) is 5.26 Å². The van der Waals surface area contributed by atoms with E-state index in [1.165, 1.54) is 19.3 Å². The van der Waals surface area contributed by atoms with E-state index in [0.29, 0.717) is 29.5 Å². The topological polar surface area (TPSA) is 76.4 Å². The van der Waals surface area contributed by atoms with Gasteiger partial charge >= 0.3 is 0 Å². The first-order valence-corrected chi connectivity index (χ1v) is 10.3. The Labute approximate surface area is 166 Å². The zero-order chi connectivity index (χ0) is 19.4. The van der Waals surface area contributed by atoms with Crippen molar-refractivity contribution in [3.8, 4) is 6.07 Å². The van der Waals surface area contributed by atoms with Crippen molar-refractivity contribution in [3.05, 3.63) is 28.8 Å². The zero-order valence-electron chi connectivity index (χ0n) is 15.9. The van der Waals surface area contributed by atoms with E-state index in [-0.39, 0.29) is 5.78 Å². The predicted molar refractivity (Wildman–Crippen MR) is 107 cm³/mol. The lowest BCUT2D eigenvalue weighted by Gasteiger charge is -2.44. The van der Waals surface area contributed by atoms with Crippen LogP contribution in [0.4, 0.5) is 5.69 Å². The van der Waals surface area contributed by atoms with Crippen LogP contribution in [-0.2, 0) is 4.79 Å². The van der Waals surface area contributed by atoms with Gasteiger partial charge in [0.05, 0.1) is 10.6 Å². The maximum absolute atomic E-state index is 13.1. The molecular formula is C21H28ClN3O2. The predicted octanol–water partition coefficient (Wildman–Crippen LogP) is 3.28. The first-order chi connectivity index (χ1) is 13.0. The Hall–Kier alpha value is -1.61. The van der Waals surface area contributed by atoms with Crippen LogP contribution in [0.5, 0.6) is 0 Å². The highest BCUT2D eigenvalue weighted by molar-refractivity contribution is 6.32. The van der Waals surface area contributed by atoms with Gasteiger partial charge in [0.25, 0.3) is 0 Å². The van der Waals surface area contributed by atoms with E-state index in [1.54, 1.807) is 19.1 Å². The molecule has 1 aromatic carbocycles. The number of halogens is 1. The number of aliphatic hydroxyl groups is 1. The number of hydrogen-bond donors (Lipinski definition) is 2. The molecule has 6 heteroatoms. The molecule has 1 heterocycles. The average Bonchev–Trinajstić information content (AvgIpc) is 3.17. The van der Waals surface area contributed by atoms with Crippen LogP contribution in [0.1, 0.15) is 51.0 Å². The summed E-state index contributed by atoms with van der Waals surface area (Å²) in [4.78, 5) is 15.3. The molecule has 2 fully saturated rings. The van der Waals surface area contributed by atoms with E-state index < -0.39 is 11.6 Å². The highest BCUT2D eigenvalue weighted by Gasteiger charge is 2.48. The Balaban J connectivity index is 2.01. The van der Waals surface area contributed by atoms with Crippen LogP contribution in [0.15, 0.2) is 18.2 Å².